The first-order chi connectivity index (χ1) is 13.9. The SMILES string of the molecule is O=C(COc1ccccc1C(F)(F)F)NCCNc1nnnn1-c1ccccc1. The lowest BCUT2D eigenvalue weighted by Crippen LogP contribution is -2.33. The number of para-hydroxylation sites is 2. The number of hydrogen-bond acceptors (Lipinski definition) is 6. The summed E-state index contributed by atoms with van der Waals surface area (Å²) in [6, 6.07) is 13.9. The van der Waals surface area contributed by atoms with E-state index >= 15 is 0 Å². The van der Waals surface area contributed by atoms with Gasteiger partial charge in [-0.1, -0.05) is 35.4 Å². The molecule has 0 unspecified atom stereocenters. The first-order valence-electron chi connectivity index (χ1n) is 8.58. The zero-order valence-electron chi connectivity index (χ0n) is 15.1. The average Bonchev–Trinajstić information content (AvgIpc) is 3.18. The summed E-state index contributed by atoms with van der Waals surface area (Å²) in [5, 5.41) is 16.9. The van der Waals surface area contributed by atoms with Gasteiger partial charge in [0.05, 0.1) is 11.3 Å². The Hall–Kier alpha value is -3.63. The highest BCUT2D eigenvalue weighted by Crippen LogP contribution is 2.35. The number of rotatable bonds is 8. The molecule has 0 bridgehead atoms. The second-order valence-corrected chi connectivity index (χ2v) is 5.81. The van der Waals surface area contributed by atoms with Crippen LogP contribution in [0.1, 0.15) is 5.56 Å². The van der Waals surface area contributed by atoms with Crippen LogP contribution in [0.3, 0.4) is 0 Å². The molecular weight excluding hydrogens is 389 g/mol. The lowest BCUT2D eigenvalue weighted by molar-refractivity contribution is -0.139. The number of nitrogens with one attached hydrogen (secondary N) is 2. The third kappa shape index (κ3) is 5.43. The number of aromatic nitrogens is 4. The van der Waals surface area contributed by atoms with Crippen LogP contribution in [-0.4, -0.2) is 45.8 Å². The van der Waals surface area contributed by atoms with Gasteiger partial charge in [-0.15, -0.1) is 0 Å². The van der Waals surface area contributed by atoms with Crippen LogP contribution in [0.15, 0.2) is 54.6 Å². The van der Waals surface area contributed by atoms with Crippen molar-refractivity contribution >= 4 is 11.9 Å². The molecule has 0 aliphatic heterocycles. The fraction of sp³-hybridized carbons (Fsp3) is 0.222. The van der Waals surface area contributed by atoms with Crippen LogP contribution in [0, 0.1) is 0 Å². The number of halogens is 3. The third-order valence-electron chi connectivity index (χ3n) is 3.75. The van der Waals surface area contributed by atoms with Gasteiger partial charge in [0, 0.05) is 13.1 Å². The van der Waals surface area contributed by atoms with Crippen LogP contribution >= 0.6 is 0 Å². The molecule has 0 aliphatic rings. The number of anilines is 1. The first kappa shape index (κ1) is 20.1. The minimum absolute atomic E-state index is 0.199. The van der Waals surface area contributed by atoms with E-state index in [9.17, 15) is 18.0 Å². The van der Waals surface area contributed by atoms with E-state index in [2.05, 4.69) is 26.2 Å². The molecule has 0 spiro atoms. The maximum atomic E-state index is 12.9. The Morgan fingerprint density at radius 2 is 1.76 bits per heavy atom. The topological polar surface area (TPSA) is 94.0 Å². The van der Waals surface area contributed by atoms with Gasteiger partial charge in [0.15, 0.2) is 6.61 Å². The molecule has 1 heterocycles. The number of tetrazole rings is 1. The maximum Gasteiger partial charge on any atom is 0.419 e. The van der Waals surface area contributed by atoms with Gasteiger partial charge in [0.2, 0.25) is 5.95 Å². The number of hydrogen-bond donors (Lipinski definition) is 2. The van der Waals surface area contributed by atoms with E-state index in [1.807, 2.05) is 30.3 Å². The van der Waals surface area contributed by atoms with Gasteiger partial charge < -0.3 is 15.4 Å². The second kappa shape index (κ2) is 9.04. The summed E-state index contributed by atoms with van der Waals surface area (Å²) in [5.41, 5.74) is -0.164. The highest BCUT2D eigenvalue weighted by molar-refractivity contribution is 5.77. The summed E-state index contributed by atoms with van der Waals surface area (Å²) in [6.45, 7) is -0.0301. The van der Waals surface area contributed by atoms with Gasteiger partial charge in [0.25, 0.3) is 5.91 Å². The predicted molar refractivity (Wildman–Crippen MR) is 97.6 cm³/mol. The van der Waals surface area contributed by atoms with Crippen LogP contribution < -0.4 is 15.4 Å². The van der Waals surface area contributed by atoms with E-state index in [0.29, 0.717) is 12.5 Å². The monoisotopic (exact) mass is 406 g/mol. The van der Waals surface area contributed by atoms with Crippen molar-refractivity contribution in [3.8, 4) is 11.4 Å². The fourth-order valence-corrected chi connectivity index (χ4v) is 2.44. The molecule has 2 N–H and O–H groups in total. The molecule has 1 amide bonds. The van der Waals surface area contributed by atoms with Crippen LogP contribution in [0.25, 0.3) is 5.69 Å². The molecule has 0 aliphatic carbocycles. The quantitative estimate of drug-likeness (QED) is 0.558. The zero-order chi connectivity index (χ0) is 20.7. The van der Waals surface area contributed by atoms with E-state index in [-0.39, 0.29) is 6.54 Å². The number of amides is 1. The number of benzene rings is 2. The van der Waals surface area contributed by atoms with Crippen molar-refractivity contribution in [2.45, 2.75) is 6.18 Å². The van der Waals surface area contributed by atoms with Crippen molar-refractivity contribution in [2.75, 3.05) is 25.0 Å². The lowest BCUT2D eigenvalue weighted by Gasteiger charge is -2.13. The van der Waals surface area contributed by atoms with Crippen molar-refractivity contribution in [1.82, 2.24) is 25.5 Å². The molecule has 29 heavy (non-hydrogen) atoms. The molecule has 0 atom stereocenters. The first-order valence-corrected chi connectivity index (χ1v) is 8.58. The van der Waals surface area contributed by atoms with Crippen molar-refractivity contribution in [2.24, 2.45) is 0 Å². The molecule has 11 heteroatoms. The molecular formula is C18H17F3N6O2. The minimum atomic E-state index is -4.56. The Kier molecular flexibility index (Phi) is 6.27. The molecule has 152 valence electrons. The number of nitrogens with zero attached hydrogens (tertiary/aromatic N) is 4. The van der Waals surface area contributed by atoms with Gasteiger partial charge >= 0.3 is 6.18 Å². The summed E-state index contributed by atoms with van der Waals surface area (Å²) in [6.07, 6.45) is -4.56. The summed E-state index contributed by atoms with van der Waals surface area (Å²) >= 11 is 0. The second-order valence-electron chi connectivity index (χ2n) is 5.81. The van der Waals surface area contributed by atoms with Gasteiger partial charge in [-0.05, 0) is 34.7 Å². The summed E-state index contributed by atoms with van der Waals surface area (Å²) < 4.78 is 45.2. The van der Waals surface area contributed by atoms with Crippen LogP contribution in [0.2, 0.25) is 0 Å². The Morgan fingerprint density at radius 3 is 2.52 bits per heavy atom. The third-order valence-corrected chi connectivity index (χ3v) is 3.75. The van der Waals surface area contributed by atoms with E-state index < -0.39 is 30.0 Å². The molecule has 0 saturated heterocycles. The number of ether oxygens (including phenoxy) is 1. The fourth-order valence-electron chi connectivity index (χ4n) is 2.44. The highest BCUT2D eigenvalue weighted by atomic mass is 19.4. The molecule has 0 saturated carbocycles. The van der Waals surface area contributed by atoms with Crippen molar-refractivity contribution in [3.63, 3.8) is 0 Å². The van der Waals surface area contributed by atoms with E-state index in [1.54, 1.807) is 0 Å². The Bertz CT molecular complexity index is 946. The standard InChI is InChI=1S/C18H17F3N6O2/c19-18(20,21)14-8-4-5-9-15(14)29-12-16(28)22-10-11-23-17-24-25-26-27(17)13-6-2-1-3-7-13/h1-9H,10-12H2,(H,22,28)(H,23,24,26). The number of carbonyl (C=O) groups excluding carboxylic acids is 1. The molecule has 3 rings (SSSR count). The number of alkyl halides is 3. The molecule has 0 fully saturated rings. The van der Waals surface area contributed by atoms with Crippen molar-refractivity contribution in [1.29, 1.82) is 0 Å². The maximum absolute atomic E-state index is 12.9. The minimum Gasteiger partial charge on any atom is -0.483 e. The van der Waals surface area contributed by atoms with Gasteiger partial charge in [-0.3, -0.25) is 4.79 Å². The van der Waals surface area contributed by atoms with Gasteiger partial charge in [0.1, 0.15) is 5.75 Å². The number of carbonyl (C=O) groups is 1. The molecule has 8 nitrogen and oxygen atoms in total. The van der Waals surface area contributed by atoms with E-state index in [4.69, 9.17) is 4.74 Å². The largest absolute Gasteiger partial charge is 0.483 e. The normalized spacial score (nSPS) is 11.1. The summed E-state index contributed by atoms with van der Waals surface area (Å²) in [7, 11) is 0. The Morgan fingerprint density at radius 1 is 1.03 bits per heavy atom. The average molecular weight is 406 g/mol. The van der Waals surface area contributed by atoms with Gasteiger partial charge in [-0.25, -0.2) is 0 Å². The Labute approximate surface area is 163 Å². The van der Waals surface area contributed by atoms with Crippen LogP contribution in [0.5, 0.6) is 5.75 Å². The Balaban J connectivity index is 1.45. The van der Waals surface area contributed by atoms with Crippen LogP contribution in [-0.2, 0) is 11.0 Å². The smallest absolute Gasteiger partial charge is 0.419 e. The highest BCUT2D eigenvalue weighted by Gasteiger charge is 2.34. The molecule has 0 radical (unpaired) electrons. The van der Waals surface area contributed by atoms with Gasteiger partial charge in [-0.2, -0.15) is 17.9 Å². The lowest BCUT2D eigenvalue weighted by atomic mass is 10.2. The van der Waals surface area contributed by atoms with Crippen molar-refractivity contribution in [3.05, 3.63) is 60.2 Å². The molecule has 1 aromatic heterocycles. The zero-order valence-corrected chi connectivity index (χ0v) is 15.1. The van der Waals surface area contributed by atoms with Crippen molar-refractivity contribution < 1.29 is 22.7 Å². The molecule has 3 aromatic rings. The van der Waals surface area contributed by atoms with E-state index in [0.717, 1.165) is 11.8 Å². The van der Waals surface area contributed by atoms with Crippen LogP contribution in [0.4, 0.5) is 19.1 Å². The summed E-state index contributed by atoms with van der Waals surface area (Å²) in [4.78, 5) is 11.8. The predicted octanol–water partition coefficient (Wildman–Crippen LogP) is 2.29. The summed E-state index contributed by atoms with van der Waals surface area (Å²) in [5.74, 6) is -0.553. The molecule has 2 aromatic carbocycles. The van der Waals surface area contributed by atoms with E-state index in [1.165, 1.54) is 22.9 Å².